The maximum Gasteiger partial charge on any atom is 0.508 e. The van der Waals surface area contributed by atoms with Crippen molar-refractivity contribution in [2.45, 2.75) is 19.4 Å². The van der Waals surface area contributed by atoms with Crippen LogP contribution >= 0.6 is 0 Å². The van der Waals surface area contributed by atoms with Gasteiger partial charge in [0.05, 0.1) is 7.11 Å². The van der Waals surface area contributed by atoms with Crippen molar-refractivity contribution in [3.05, 3.63) is 0 Å². The first-order valence-electron chi connectivity index (χ1n) is 2.88. The molecule has 56 valence electrons. The summed E-state index contributed by atoms with van der Waals surface area (Å²) in [6.07, 6.45) is 4.42. The highest BCUT2D eigenvalue weighted by atomic mass is 16.7. The lowest BCUT2D eigenvalue weighted by Gasteiger charge is -2.07. The lowest BCUT2D eigenvalue weighted by Crippen LogP contribution is -2.13. The number of hydrogen-bond acceptors (Lipinski definition) is 3. The van der Waals surface area contributed by atoms with Gasteiger partial charge in [0.1, 0.15) is 6.10 Å². The van der Waals surface area contributed by atoms with Gasteiger partial charge in [0.25, 0.3) is 0 Å². The summed E-state index contributed by atoms with van der Waals surface area (Å²) < 4.78 is 8.87. The molecule has 0 saturated carbocycles. The Kier molecular flexibility index (Phi) is 4.14. The highest BCUT2D eigenvalue weighted by molar-refractivity contribution is 5.59. The van der Waals surface area contributed by atoms with E-state index in [0.29, 0.717) is 6.42 Å². The smallest absolute Gasteiger partial charge is 0.438 e. The summed E-state index contributed by atoms with van der Waals surface area (Å²) in [6.45, 7) is 1.71. The van der Waals surface area contributed by atoms with Crippen LogP contribution in [0.15, 0.2) is 0 Å². The fraction of sp³-hybridized carbons (Fsp3) is 0.571. The van der Waals surface area contributed by atoms with Gasteiger partial charge in [-0.3, -0.25) is 0 Å². The topological polar surface area (TPSA) is 35.5 Å². The van der Waals surface area contributed by atoms with Gasteiger partial charge >= 0.3 is 6.16 Å². The zero-order valence-corrected chi connectivity index (χ0v) is 6.09. The molecule has 0 spiro atoms. The number of carbonyl (C=O) groups is 1. The van der Waals surface area contributed by atoms with Crippen molar-refractivity contribution >= 4 is 6.16 Å². The van der Waals surface area contributed by atoms with Crippen LogP contribution in [-0.4, -0.2) is 19.4 Å². The van der Waals surface area contributed by atoms with Crippen LogP contribution in [0.3, 0.4) is 0 Å². The quantitative estimate of drug-likeness (QED) is 0.429. The fourth-order valence-electron chi connectivity index (χ4n) is 0.420. The predicted molar refractivity (Wildman–Crippen MR) is 36.4 cm³/mol. The van der Waals surface area contributed by atoms with Crippen molar-refractivity contribution in [2.24, 2.45) is 0 Å². The second-order valence-corrected chi connectivity index (χ2v) is 1.79. The maximum absolute atomic E-state index is 10.4. The number of ether oxygens (including phenoxy) is 2. The van der Waals surface area contributed by atoms with E-state index in [1.165, 1.54) is 7.11 Å². The third-order valence-electron chi connectivity index (χ3n) is 0.869. The molecule has 0 aromatic carbocycles. The Labute approximate surface area is 60.3 Å². The minimum Gasteiger partial charge on any atom is -0.438 e. The van der Waals surface area contributed by atoms with Gasteiger partial charge in [-0.05, 0) is 6.92 Å². The number of terminal acetylenes is 1. The summed E-state index contributed by atoms with van der Waals surface area (Å²) in [6, 6.07) is 0. The monoisotopic (exact) mass is 142 g/mol. The lowest BCUT2D eigenvalue weighted by molar-refractivity contribution is 0.0452. The molecule has 0 bridgehead atoms. The summed E-state index contributed by atoms with van der Waals surface area (Å²) in [5.41, 5.74) is 0. The summed E-state index contributed by atoms with van der Waals surface area (Å²) >= 11 is 0. The van der Waals surface area contributed by atoms with E-state index in [1.54, 1.807) is 6.92 Å². The van der Waals surface area contributed by atoms with Crippen LogP contribution < -0.4 is 0 Å². The second kappa shape index (κ2) is 4.68. The Morgan fingerprint density at radius 2 is 2.40 bits per heavy atom. The van der Waals surface area contributed by atoms with E-state index >= 15 is 0 Å². The summed E-state index contributed by atoms with van der Waals surface area (Å²) in [4.78, 5) is 10.4. The molecule has 0 radical (unpaired) electrons. The maximum atomic E-state index is 10.4. The minimum absolute atomic E-state index is 0.266. The second-order valence-electron chi connectivity index (χ2n) is 1.79. The third-order valence-corrected chi connectivity index (χ3v) is 0.869. The minimum atomic E-state index is -0.692. The van der Waals surface area contributed by atoms with Crippen LogP contribution in [0.2, 0.25) is 0 Å². The first kappa shape index (κ1) is 8.83. The number of hydrogen-bond donors (Lipinski definition) is 0. The Hall–Kier alpha value is -1.17. The van der Waals surface area contributed by atoms with E-state index in [9.17, 15) is 4.79 Å². The molecule has 0 aliphatic heterocycles. The highest BCUT2D eigenvalue weighted by Gasteiger charge is 2.06. The van der Waals surface area contributed by atoms with E-state index in [2.05, 4.69) is 15.4 Å². The standard InChI is InChI=1S/C7H10O3/c1-4-5-6(2)10-7(8)9-3/h1,6H,5H2,2-3H3. The molecule has 0 N–H and O–H groups in total. The average Bonchev–Trinajstić information content (AvgIpc) is 1.88. The normalized spacial score (nSPS) is 11.3. The molecule has 0 aromatic rings. The van der Waals surface area contributed by atoms with E-state index in [4.69, 9.17) is 6.42 Å². The van der Waals surface area contributed by atoms with E-state index in [1.807, 2.05) is 0 Å². The van der Waals surface area contributed by atoms with Gasteiger partial charge in [0.2, 0.25) is 0 Å². The number of rotatable bonds is 2. The largest absolute Gasteiger partial charge is 0.508 e. The van der Waals surface area contributed by atoms with E-state index in [-0.39, 0.29) is 6.10 Å². The molecule has 0 amide bonds. The van der Waals surface area contributed by atoms with Gasteiger partial charge in [-0.2, -0.15) is 0 Å². The van der Waals surface area contributed by atoms with Crippen LogP contribution in [-0.2, 0) is 9.47 Å². The third kappa shape index (κ3) is 3.79. The van der Waals surface area contributed by atoms with Crippen molar-refractivity contribution in [3.63, 3.8) is 0 Å². The van der Waals surface area contributed by atoms with Crippen LogP contribution in [0, 0.1) is 12.3 Å². The SMILES string of the molecule is C#CCC(C)OC(=O)OC. The summed E-state index contributed by atoms with van der Waals surface area (Å²) in [5, 5.41) is 0. The molecular formula is C7H10O3. The zero-order valence-electron chi connectivity index (χ0n) is 6.09. The molecule has 1 unspecified atom stereocenters. The van der Waals surface area contributed by atoms with Crippen LogP contribution in [0.25, 0.3) is 0 Å². The van der Waals surface area contributed by atoms with Crippen molar-refractivity contribution in [3.8, 4) is 12.3 Å². The van der Waals surface area contributed by atoms with Crippen molar-refractivity contribution < 1.29 is 14.3 Å². The molecule has 1 atom stereocenters. The van der Waals surface area contributed by atoms with Gasteiger partial charge in [-0.1, -0.05) is 0 Å². The number of carbonyl (C=O) groups excluding carboxylic acids is 1. The molecule has 0 saturated heterocycles. The fourth-order valence-corrected chi connectivity index (χ4v) is 0.420. The van der Waals surface area contributed by atoms with E-state index < -0.39 is 6.16 Å². The molecule has 0 heterocycles. The van der Waals surface area contributed by atoms with Gasteiger partial charge in [-0.25, -0.2) is 4.79 Å². The zero-order chi connectivity index (χ0) is 7.98. The summed E-state index contributed by atoms with van der Waals surface area (Å²) in [7, 11) is 1.25. The van der Waals surface area contributed by atoms with Crippen LogP contribution in [0.5, 0.6) is 0 Å². The van der Waals surface area contributed by atoms with Gasteiger partial charge in [0.15, 0.2) is 0 Å². The van der Waals surface area contributed by atoms with Crippen LogP contribution in [0.4, 0.5) is 4.79 Å². The lowest BCUT2D eigenvalue weighted by atomic mass is 10.3. The Bertz CT molecular complexity index is 145. The van der Waals surface area contributed by atoms with Crippen LogP contribution in [0.1, 0.15) is 13.3 Å². The molecule has 0 aliphatic rings. The molecule has 3 heteroatoms. The number of methoxy groups -OCH3 is 1. The van der Waals surface area contributed by atoms with Gasteiger partial charge in [-0.15, -0.1) is 12.3 Å². The van der Waals surface area contributed by atoms with Crippen molar-refractivity contribution in [1.29, 1.82) is 0 Å². The predicted octanol–water partition coefficient (Wildman–Crippen LogP) is 1.18. The first-order valence-corrected chi connectivity index (χ1v) is 2.88. The molecule has 0 aliphatic carbocycles. The van der Waals surface area contributed by atoms with Crippen molar-refractivity contribution in [1.82, 2.24) is 0 Å². The average molecular weight is 142 g/mol. The van der Waals surface area contributed by atoms with Crippen molar-refractivity contribution in [2.75, 3.05) is 7.11 Å². The molecular weight excluding hydrogens is 132 g/mol. The first-order chi connectivity index (χ1) is 4.70. The van der Waals surface area contributed by atoms with E-state index in [0.717, 1.165) is 0 Å². The molecule has 0 fully saturated rings. The summed E-state index contributed by atoms with van der Waals surface area (Å²) in [5.74, 6) is 2.36. The molecule has 3 nitrogen and oxygen atoms in total. The highest BCUT2D eigenvalue weighted by Crippen LogP contribution is 1.96. The molecule has 0 rings (SSSR count). The molecule has 0 aromatic heterocycles. The van der Waals surface area contributed by atoms with Gasteiger partial charge < -0.3 is 9.47 Å². The van der Waals surface area contributed by atoms with Gasteiger partial charge in [0, 0.05) is 6.42 Å². The Balaban J connectivity index is 3.49. The Morgan fingerprint density at radius 3 is 2.80 bits per heavy atom. The Morgan fingerprint density at radius 1 is 1.80 bits per heavy atom. The molecule has 10 heavy (non-hydrogen) atoms.